The lowest BCUT2D eigenvalue weighted by Crippen LogP contribution is -2.34. The van der Waals surface area contributed by atoms with Crippen LogP contribution in [0.15, 0.2) is 36.0 Å². The molecule has 0 amide bonds. The van der Waals surface area contributed by atoms with E-state index in [0.717, 1.165) is 12.2 Å². The summed E-state index contributed by atoms with van der Waals surface area (Å²) in [4.78, 5) is 0. The van der Waals surface area contributed by atoms with E-state index >= 15 is 0 Å². The van der Waals surface area contributed by atoms with Gasteiger partial charge in [0.15, 0.2) is 0 Å². The molecular formula is C16H26OSi. The van der Waals surface area contributed by atoms with E-state index in [0.29, 0.717) is 5.04 Å². The molecule has 0 fully saturated rings. The quantitative estimate of drug-likeness (QED) is 0.705. The van der Waals surface area contributed by atoms with Gasteiger partial charge in [0.05, 0.1) is 15.2 Å². The summed E-state index contributed by atoms with van der Waals surface area (Å²) in [6.07, 6.45) is 3.34. The maximum atomic E-state index is 5.16. The molecule has 0 spiro atoms. The molecule has 1 nitrogen and oxygen atoms in total. The van der Waals surface area contributed by atoms with Crippen molar-refractivity contribution in [3.05, 3.63) is 41.6 Å². The molecule has 0 saturated carbocycles. The summed E-state index contributed by atoms with van der Waals surface area (Å²) in [7, 11) is 0.419. The molecule has 0 N–H and O–H groups in total. The van der Waals surface area contributed by atoms with Gasteiger partial charge in [-0.1, -0.05) is 57.8 Å². The molecule has 0 heterocycles. The molecule has 0 atom stereocenters. The van der Waals surface area contributed by atoms with Crippen molar-refractivity contribution in [2.45, 2.75) is 45.3 Å². The first-order valence-electron chi connectivity index (χ1n) is 6.57. The zero-order chi connectivity index (χ0) is 13.8. The van der Waals surface area contributed by atoms with E-state index in [-0.39, 0.29) is 0 Å². The van der Waals surface area contributed by atoms with Gasteiger partial charge in [0.1, 0.15) is 5.75 Å². The Morgan fingerprint density at radius 1 is 1.11 bits per heavy atom. The molecule has 0 saturated heterocycles. The number of hydrogen-bond acceptors (Lipinski definition) is 1. The Kier molecular flexibility index (Phi) is 4.80. The Morgan fingerprint density at radius 2 is 1.67 bits per heavy atom. The molecule has 1 aromatic carbocycles. The van der Waals surface area contributed by atoms with E-state index < -0.39 is 8.07 Å². The molecule has 0 unspecified atom stereocenters. The van der Waals surface area contributed by atoms with E-state index in [2.05, 4.69) is 57.8 Å². The van der Waals surface area contributed by atoms with Crippen molar-refractivity contribution >= 4 is 8.07 Å². The van der Waals surface area contributed by atoms with E-state index in [1.807, 2.05) is 12.1 Å². The molecular weight excluding hydrogens is 236 g/mol. The molecule has 18 heavy (non-hydrogen) atoms. The van der Waals surface area contributed by atoms with Crippen LogP contribution in [0.5, 0.6) is 5.75 Å². The van der Waals surface area contributed by atoms with Crippen LogP contribution < -0.4 is 4.74 Å². The van der Waals surface area contributed by atoms with Gasteiger partial charge < -0.3 is 4.74 Å². The van der Waals surface area contributed by atoms with Crippen LogP contribution in [-0.4, -0.2) is 15.2 Å². The molecule has 0 aromatic heterocycles. The Hall–Kier alpha value is -1.02. The van der Waals surface area contributed by atoms with Crippen LogP contribution in [0.1, 0.15) is 26.3 Å². The van der Waals surface area contributed by atoms with E-state index in [1.165, 1.54) is 5.56 Å². The molecule has 0 aliphatic heterocycles. The smallest absolute Gasteiger partial charge is 0.118 e. The topological polar surface area (TPSA) is 9.23 Å². The molecule has 0 aliphatic rings. The van der Waals surface area contributed by atoms with Gasteiger partial charge in [0.2, 0.25) is 0 Å². The first-order chi connectivity index (χ1) is 8.26. The lowest BCUT2D eigenvalue weighted by Gasteiger charge is -2.34. The number of hydrogen-bond donors (Lipinski definition) is 0. The van der Waals surface area contributed by atoms with Gasteiger partial charge >= 0.3 is 0 Å². The largest absolute Gasteiger partial charge is 0.497 e. The molecule has 1 aromatic rings. The van der Waals surface area contributed by atoms with E-state index in [1.54, 1.807) is 7.11 Å². The monoisotopic (exact) mass is 262 g/mol. The molecule has 1 rings (SSSR count). The van der Waals surface area contributed by atoms with E-state index in [9.17, 15) is 0 Å². The summed E-state index contributed by atoms with van der Waals surface area (Å²) in [5, 5.41) is 0.420. The predicted molar refractivity (Wildman–Crippen MR) is 83.0 cm³/mol. The third kappa shape index (κ3) is 4.02. The minimum Gasteiger partial charge on any atom is -0.497 e. The Morgan fingerprint density at radius 3 is 2.11 bits per heavy atom. The molecule has 0 aliphatic carbocycles. The fourth-order valence-corrected chi connectivity index (χ4v) is 2.71. The maximum Gasteiger partial charge on any atom is 0.118 e. The highest BCUT2D eigenvalue weighted by Crippen LogP contribution is 2.36. The van der Waals surface area contributed by atoms with Crippen LogP contribution in [0.25, 0.3) is 0 Å². The van der Waals surface area contributed by atoms with Crippen molar-refractivity contribution in [2.75, 3.05) is 7.11 Å². The number of ether oxygens (including phenoxy) is 1. The van der Waals surface area contributed by atoms with Crippen molar-refractivity contribution in [3.8, 4) is 5.75 Å². The summed E-state index contributed by atoms with van der Waals surface area (Å²) in [5.74, 6) is 0.923. The molecule has 0 radical (unpaired) electrons. The second kappa shape index (κ2) is 5.74. The number of allylic oxidation sites excluding steroid dienone is 1. The molecule has 2 heteroatoms. The second-order valence-corrected chi connectivity index (χ2v) is 11.7. The summed E-state index contributed by atoms with van der Waals surface area (Å²) < 4.78 is 5.16. The van der Waals surface area contributed by atoms with Crippen LogP contribution in [-0.2, 0) is 6.42 Å². The van der Waals surface area contributed by atoms with Crippen LogP contribution in [0.2, 0.25) is 18.1 Å². The SMILES string of the molecule is COc1ccc(C/C=C/[Si](C)(C)C(C)(C)C)cc1. The average molecular weight is 262 g/mol. The Labute approximate surface area is 113 Å². The molecule has 0 bridgehead atoms. The summed E-state index contributed by atoms with van der Waals surface area (Å²) in [6.45, 7) is 11.9. The van der Waals surface area contributed by atoms with Crippen LogP contribution in [0.4, 0.5) is 0 Å². The normalized spacial score (nSPS) is 13.0. The van der Waals surface area contributed by atoms with Crippen molar-refractivity contribution in [3.63, 3.8) is 0 Å². The highest BCUT2D eigenvalue weighted by molar-refractivity contribution is 6.84. The van der Waals surface area contributed by atoms with Crippen molar-refractivity contribution in [2.24, 2.45) is 0 Å². The van der Waals surface area contributed by atoms with Crippen LogP contribution >= 0.6 is 0 Å². The van der Waals surface area contributed by atoms with Crippen molar-refractivity contribution in [1.82, 2.24) is 0 Å². The molecule has 100 valence electrons. The predicted octanol–water partition coefficient (Wildman–Crippen LogP) is 4.84. The maximum absolute atomic E-state index is 5.16. The highest BCUT2D eigenvalue weighted by Gasteiger charge is 2.31. The van der Waals surface area contributed by atoms with Gasteiger partial charge in [-0.2, -0.15) is 0 Å². The summed E-state index contributed by atoms with van der Waals surface area (Å²) >= 11 is 0. The Balaban J connectivity index is 2.64. The van der Waals surface area contributed by atoms with Gasteiger partial charge in [0, 0.05) is 0 Å². The summed E-state index contributed by atoms with van der Waals surface area (Å²) in [5.41, 5.74) is 3.81. The lowest BCUT2D eigenvalue weighted by atomic mass is 10.1. The first-order valence-corrected chi connectivity index (χ1v) is 9.64. The number of benzene rings is 1. The zero-order valence-corrected chi connectivity index (χ0v) is 13.6. The van der Waals surface area contributed by atoms with Crippen LogP contribution in [0, 0.1) is 0 Å². The third-order valence-electron chi connectivity index (χ3n) is 3.98. The van der Waals surface area contributed by atoms with Gasteiger partial charge in [-0.15, -0.1) is 0 Å². The Bertz CT molecular complexity index is 396. The van der Waals surface area contributed by atoms with Crippen molar-refractivity contribution < 1.29 is 4.74 Å². The van der Waals surface area contributed by atoms with Crippen molar-refractivity contribution in [1.29, 1.82) is 0 Å². The number of methoxy groups -OCH3 is 1. The van der Waals surface area contributed by atoms with Gasteiger partial charge in [0.25, 0.3) is 0 Å². The lowest BCUT2D eigenvalue weighted by molar-refractivity contribution is 0.414. The summed E-state index contributed by atoms with van der Waals surface area (Å²) in [6, 6.07) is 8.31. The van der Waals surface area contributed by atoms with E-state index in [4.69, 9.17) is 4.74 Å². The fraction of sp³-hybridized carbons (Fsp3) is 0.500. The minimum absolute atomic E-state index is 0.420. The first kappa shape index (κ1) is 15.0. The standard InChI is InChI=1S/C16H26OSi/c1-16(2,3)18(5,6)13-7-8-14-9-11-15(17-4)12-10-14/h7,9-13H,8H2,1-6H3/b13-7+. The second-order valence-electron chi connectivity index (χ2n) is 6.43. The van der Waals surface area contributed by atoms with Gasteiger partial charge in [-0.05, 0) is 29.2 Å². The average Bonchev–Trinajstić information content (AvgIpc) is 2.28. The third-order valence-corrected chi connectivity index (χ3v) is 8.92. The number of rotatable bonds is 4. The fourth-order valence-electron chi connectivity index (χ4n) is 1.50. The van der Waals surface area contributed by atoms with Gasteiger partial charge in [-0.3, -0.25) is 0 Å². The highest BCUT2D eigenvalue weighted by atomic mass is 28.3. The zero-order valence-electron chi connectivity index (χ0n) is 12.6. The van der Waals surface area contributed by atoms with Gasteiger partial charge in [-0.25, -0.2) is 0 Å². The van der Waals surface area contributed by atoms with Crippen LogP contribution in [0.3, 0.4) is 0 Å². The minimum atomic E-state index is -1.28.